The maximum absolute atomic E-state index is 13.1. The molecule has 1 heterocycles. The Labute approximate surface area is 345 Å². The topological polar surface area (TPSA) is 151 Å². The Bertz CT molecular complexity index is 1720. The summed E-state index contributed by atoms with van der Waals surface area (Å²) in [6.07, 6.45) is 22.2. The summed E-state index contributed by atoms with van der Waals surface area (Å²) in [5.41, 5.74) is 0.467. The molecule has 11 nitrogen and oxygen atoms in total. The Balaban J connectivity index is 1.57. The van der Waals surface area contributed by atoms with Gasteiger partial charge in [0.1, 0.15) is 24.4 Å². The average Bonchev–Trinajstić information content (AvgIpc) is 3.53. The highest BCUT2D eigenvalue weighted by Crippen LogP contribution is 2.38. The van der Waals surface area contributed by atoms with Gasteiger partial charge in [0.05, 0.1) is 17.9 Å². The third-order valence-electron chi connectivity index (χ3n) is 10.5. The molecule has 2 aromatic rings. The van der Waals surface area contributed by atoms with Crippen LogP contribution in [0.25, 0.3) is 0 Å². The van der Waals surface area contributed by atoms with Crippen LogP contribution in [0, 0.1) is 43.4 Å². The largest absolute Gasteiger partial charge is 0.509 e. The number of esters is 1. The molecule has 1 saturated carbocycles. The van der Waals surface area contributed by atoms with Crippen LogP contribution in [0.5, 0.6) is 5.75 Å². The summed E-state index contributed by atoms with van der Waals surface area (Å²) in [4.78, 5) is 42.9. The molecule has 1 aromatic carbocycles. The molecule has 3 rings (SSSR count). The molecule has 0 bridgehead atoms. The van der Waals surface area contributed by atoms with Gasteiger partial charge in [-0.3, -0.25) is 9.78 Å². The molecule has 11 heteroatoms. The van der Waals surface area contributed by atoms with Crippen molar-refractivity contribution in [3.8, 4) is 30.4 Å². The first-order valence-corrected chi connectivity index (χ1v) is 20.4. The van der Waals surface area contributed by atoms with Crippen LogP contribution in [-0.4, -0.2) is 56.9 Å². The van der Waals surface area contributed by atoms with E-state index in [0.717, 1.165) is 44.9 Å². The third-order valence-corrected chi connectivity index (χ3v) is 10.5. The quantitative estimate of drug-likeness (QED) is 0.0479. The van der Waals surface area contributed by atoms with E-state index < -0.39 is 29.5 Å². The Morgan fingerprint density at radius 3 is 2.21 bits per heavy atom. The first kappa shape index (κ1) is 47.5. The number of carbonyl (C=O) groups excluding carboxylic acids is 3. The zero-order chi connectivity index (χ0) is 42.6. The van der Waals surface area contributed by atoms with E-state index in [1.807, 2.05) is 24.3 Å². The number of aliphatic hydroxyl groups is 2. The number of aromatic nitrogens is 1. The molecule has 1 fully saturated rings. The number of hydrogen-bond acceptors (Lipinski definition) is 11. The molecule has 1 aliphatic carbocycles. The van der Waals surface area contributed by atoms with E-state index in [-0.39, 0.29) is 49.1 Å². The number of rotatable bonds is 23. The minimum Gasteiger partial charge on any atom is -0.429 e. The first-order chi connectivity index (χ1) is 27.6. The van der Waals surface area contributed by atoms with Crippen molar-refractivity contribution in [2.45, 2.75) is 161 Å². The van der Waals surface area contributed by atoms with E-state index in [4.69, 9.17) is 36.5 Å². The van der Waals surface area contributed by atoms with Crippen molar-refractivity contribution in [2.24, 2.45) is 11.8 Å². The van der Waals surface area contributed by atoms with Gasteiger partial charge < -0.3 is 33.9 Å². The van der Waals surface area contributed by atoms with E-state index in [0.29, 0.717) is 55.7 Å². The third kappa shape index (κ3) is 17.3. The highest BCUT2D eigenvalue weighted by molar-refractivity contribution is 5.73. The molecule has 58 heavy (non-hydrogen) atoms. The fourth-order valence-electron chi connectivity index (χ4n) is 6.98. The first-order valence-electron chi connectivity index (χ1n) is 20.4. The molecule has 0 amide bonds. The predicted molar refractivity (Wildman–Crippen MR) is 221 cm³/mol. The number of allylic oxidation sites excluding steroid dienone is 2. The van der Waals surface area contributed by atoms with Crippen LogP contribution in [-0.2, 0) is 43.4 Å². The van der Waals surface area contributed by atoms with Gasteiger partial charge in [-0.15, -0.1) is 24.7 Å². The van der Waals surface area contributed by atoms with E-state index >= 15 is 0 Å². The summed E-state index contributed by atoms with van der Waals surface area (Å²) in [5, 5.41) is 21.3. The molecular weight excluding hydrogens is 739 g/mol. The molecule has 0 radical (unpaired) electrons. The molecule has 0 saturated heterocycles. The average molecular weight is 802 g/mol. The lowest BCUT2D eigenvalue weighted by molar-refractivity contribution is -0.134. The molecule has 1 aliphatic rings. The van der Waals surface area contributed by atoms with Crippen LogP contribution in [0.15, 0.2) is 48.7 Å². The minimum atomic E-state index is -0.949. The fraction of sp³-hybridized carbons (Fsp3) is 0.574. The highest BCUT2D eigenvalue weighted by atomic mass is 16.7. The number of benzene rings is 1. The van der Waals surface area contributed by atoms with Crippen LogP contribution in [0.2, 0.25) is 0 Å². The van der Waals surface area contributed by atoms with Crippen LogP contribution in [0.4, 0.5) is 9.59 Å². The van der Waals surface area contributed by atoms with Crippen molar-refractivity contribution in [1.29, 1.82) is 0 Å². The number of nitrogens with zero attached hydrogens (tertiary/aromatic N) is 1. The van der Waals surface area contributed by atoms with Crippen molar-refractivity contribution in [1.82, 2.24) is 4.98 Å². The number of terminal acetylenes is 2. The molecule has 316 valence electrons. The van der Waals surface area contributed by atoms with E-state index in [2.05, 4.69) is 35.0 Å². The number of carbonyl (C=O) groups is 3. The molecule has 0 unspecified atom stereocenters. The fourth-order valence-corrected chi connectivity index (χ4v) is 6.98. The molecule has 2 N–H and O–H groups in total. The summed E-state index contributed by atoms with van der Waals surface area (Å²) in [7, 11) is 0. The standard InChI is InChI=1S/C47H63NO10/c1-8-10-29-46(4,5)57-44(52)54-32-37-31-48-34(3)43(40(37)33-55-45(53)58-47(6,7)30-11-9-2)56-42(51)22-18-13-12-17-21-39-36(25-28-41(39)50)24-27-38(49)26-23-35-19-15-14-16-20-35/h1-2,12,14-17,19-20,31,36,38-39,41,49-50H,10-11,13,18,21-30,32-33H2,3-7H3/b17-12-/t36-,38-,39+,41-/m0/s1. The van der Waals surface area contributed by atoms with Gasteiger partial charge in [-0.25, -0.2) is 9.59 Å². The van der Waals surface area contributed by atoms with Gasteiger partial charge >= 0.3 is 18.3 Å². The van der Waals surface area contributed by atoms with E-state index in [1.165, 1.54) is 11.8 Å². The maximum Gasteiger partial charge on any atom is 0.509 e. The van der Waals surface area contributed by atoms with Crippen LogP contribution >= 0.6 is 0 Å². The predicted octanol–water partition coefficient (Wildman–Crippen LogP) is 9.26. The van der Waals surface area contributed by atoms with E-state index in [9.17, 15) is 24.6 Å². The van der Waals surface area contributed by atoms with Crippen molar-refractivity contribution < 1.29 is 48.3 Å². The van der Waals surface area contributed by atoms with E-state index in [1.54, 1.807) is 34.6 Å². The second kappa shape index (κ2) is 24.2. The number of unbranched alkanes of at least 4 members (excludes halogenated alkanes) is 1. The SMILES string of the molecule is C#CCCC(C)(C)OC(=O)OCc1cnc(C)c(OC(=O)CCC/C=C\C[C@@H]2[C@@H](CC[C@@H](O)CCc3ccccc3)CC[C@@H]2O)c1COC(=O)OC(C)(C)CCC#C. The van der Waals surface area contributed by atoms with Gasteiger partial charge in [-0.1, -0.05) is 42.5 Å². The van der Waals surface area contributed by atoms with Gasteiger partial charge in [0.25, 0.3) is 0 Å². The van der Waals surface area contributed by atoms with Crippen LogP contribution < -0.4 is 4.74 Å². The van der Waals surface area contributed by atoms with Crippen molar-refractivity contribution in [3.63, 3.8) is 0 Å². The molecule has 0 aliphatic heterocycles. The Morgan fingerprint density at radius 1 is 0.931 bits per heavy atom. The van der Waals surface area contributed by atoms with Gasteiger partial charge in [-0.2, -0.15) is 0 Å². The number of aryl methyl sites for hydroxylation is 2. The number of hydrogen-bond donors (Lipinski definition) is 2. The highest BCUT2D eigenvalue weighted by Gasteiger charge is 2.34. The second-order valence-electron chi connectivity index (χ2n) is 16.3. The van der Waals surface area contributed by atoms with Gasteiger partial charge in [0, 0.05) is 36.6 Å². The number of ether oxygens (including phenoxy) is 5. The van der Waals surface area contributed by atoms with Crippen molar-refractivity contribution >= 4 is 18.3 Å². The van der Waals surface area contributed by atoms with Gasteiger partial charge in [0.2, 0.25) is 0 Å². The smallest absolute Gasteiger partial charge is 0.429 e. The number of aliphatic hydroxyl groups excluding tert-OH is 2. The lowest BCUT2D eigenvalue weighted by Crippen LogP contribution is -2.29. The van der Waals surface area contributed by atoms with Gasteiger partial charge in [0.15, 0.2) is 5.75 Å². The molecule has 4 atom stereocenters. The lowest BCUT2D eigenvalue weighted by Gasteiger charge is -2.24. The van der Waals surface area contributed by atoms with Crippen LogP contribution in [0.1, 0.15) is 134 Å². The summed E-state index contributed by atoms with van der Waals surface area (Å²) < 4.78 is 27.6. The second-order valence-corrected chi connectivity index (χ2v) is 16.3. The maximum atomic E-state index is 13.1. The van der Waals surface area contributed by atoms with Crippen LogP contribution in [0.3, 0.4) is 0 Å². The normalized spacial score (nSPS) is 17.2. The van der Waals surface area contributed by atoms with Crippen molar-refractivity contribution in [2.75, 3.05) is 0 Å². The summed E-state index contributed by atoms with van der Waals surface area (Å²) >= 11 is 0. The summed E-state index contributed by atoms with van der Waals surface area (Å²) in [6.45, 7) is 7.87. The minimum absolute atomic E-state index is 0.0928. The monoisotopic (exact) mass is 801 g/mol. The molecule has 0 spiro atoms. The Hall–Kier alpha value is -4.84. The lowest BCUT2D eigenvalue weighted by atomic mass is 9.86. The van der Waals surface area contributed by atoms with Gasteiger partial charge in [-0.05, 0) is 123 Å². The Morgan fingerprint density at radius 2 is 1.57 bits per heavy atom. The Kier molecular flexibility index (Phi) is 19.8. The summed E-state index contributed by atoms with van der Waals surface area (Å²) in [5.74, 6) is 5.13. The zero-order valence-electron chi connectivity index (χ0n) is 35.0. The summed E-state index contributed by atoms with van der Waals surface area (Å²) in [6, 6.07) is 10.2. The zero-order valence-corrected chi connectivity index (χ0v) is 35.0. The molecule has 1 aromatic heterocycles. The van der Waals surface area contributed by atoms with Crippen molar-refractivity contribution in [3.05, 3.63) is 71.1 Å². The number of pyridine rings is 1. The molecular formula is C47H63NO10.